The zero-order chi connectivity index (χ0) is 19.7. The van der Waals surface area contributed by atoms with Gasteiger partial charge < -0.3 is 15.8 Å². The number of benzene rings is 2. The number of aromatic nitrogens is 2. The van der Waals surface area contributed by atoms with Gasteiger partial charge in [0.1, 0.15) is 23.5 Å². The Morgan fingerprint density at radius 1 is 1.07 bits per heavy atom. The number of hydrazine groups is 1. The largest absolute Gasteiger partial charge is 0.457 e. The van der Waals surface area contributed by atoms with E-state index >= 15 is 0 Å². The summed E-state index contributed by atoms with van der Waals surface area (Å²) < 4.78 is 5.91. The summed E-state index contributed by atoms with van der Waals surface area (Å²) in [4.78, 5) is 8.76. The molecule has 2 aromatic carbocycles. The minimum absolute atomic E-state index is 0.295. The SMILES string of the molecule is NC1(c2ccc(Oc3ccccc3)cc2)NN(C2CCCNC2)c2ncncc21. The summed E-state index contributed by atoms with van der Waals surface area (Å²) in [5, 5.41) is 5.57. The summed E-state index contributed by atoms with van der Waals surface area (Å²) in [7, 11) is 0. The van der Waals surface area contributed by atoms with Gasteiger partial charge in [0.15, 0.2) is 5.82 Å². The predicted molar refractivity (Wildman–Crippen MR) is 111 cm³/mol. The highest BCUT2D eigenvalue weighted by Crippen LogP contribution is 2.38. The molecule has 1 fully saturated rings. The second-order valence-electron chi connectivity index (χ2n) is 7.49. The van der Waals surface area contributed by atoms with Gasteiger partial charge in [-0.1, -0.05) is 30.3 Å². The number of nitrogens with two attached hydrogens (primary N) is 1. The van der Waals surface area contributed by atoms with Gasteiger partial charge >= 0.3 is 0 Å². The lowest BCUT2D eigenvalue weighted by Gasteiger charge is -2.35. The van der Waals surface area contributed by atoms with Crippen molar-refractivity contribution in [3.05, 3.63) is 78.2 Å². The number of fused-ring (bicyclic) bond motifs is 1. The second-order valence-corrected chi connectivity index (χ2v) is 7.49. The molecule has 148 valence electrons. The van der Waals surface area contributed by atoms with Crippen LogP contribution in [0.25, 0.3) is 0 Å². The fourth-order valence-corrected chi connectivity index (χ4v) is 4.05. The standard InChI is InChI=1S/C22H24N6O/c23-22(16-8-10-19(11-9-16)29-18-6-2-1-3-7-18)20-14-25-15-26-21(20)28(27-22)17-5-4-12-24-13-17/h1-3,6-11,14-15,17,24,27H,4-5,12-13,23H2. The quantitative estimate of drug-likeness (QED) is 0.633. The highest BCUT2D eigenvalue weighted by atomic mass is 16.5. The maximum absolute atomic E-state index is 6.90. The molecule has 5 rings (SSSR count). The first-order valence-corrected chi connectivity index (χ1v) is 9.94. The molecule has 3 aromatic rings. The number of anilines is 1. The number of para-hydroxylation sites is 1. The highest BCUT2D eigenvalue weighted by molar-refractivity contribution is 5.58. The molecule has 0 radical (unpaired) electrons. The van der Waals surface area contributed by atoms with Crippen molar-refractivity contribution in [3.8, 4) is 11.5 Å². The predicted octanol–water partition coefficient (Wildman–Crippen LogP) is 2.51. The molecule has 3 heterocycles. The Bertz CT molecular complexity index is 974. The van der Waals surface area contributed by atoms with E-state index in [1.54, 1.807) is 12.5 Å². The first-order chi connectivity index (χ1) is 14.2. The molecule has 2 aliphatic rings. The molecule has 0 amide bonds. The van der Waals surface area contributed by atoms with Crippen molar-refractivity contribution in [3.63, 3.8) is 0 Å². The third-order valence-corrected chi connectivity index (χ3v) is 5.57. The third kappa shape index (κ3) is 3.33. The van der Waals surface area contributed by atoms with Crippen LogP contribution in [-0.4, -0.2) is 29.1 Å². The zero-order valence-corrected chi connectivity index (χ0v) is 16.1. The van der Waals surface area contributed by atoms with Crippen LogP contribution in [0.15, 0.2) is 67.1 Å². The molecule has 7 heteroatoms. The average Bonchev–Trinajstić information content (AvgIpc) is 3.10. The van der Waals surface area contributed by atoms with Crippen LogP contribution in [0.3, 0.4) is 0 Å². The molecule has 2 atom stereocenters. The molecule has 2 aliphatic heterocycles. The summed E-state index contributed by atoms with van der Waals surface area (Å²) in [6.45, 7) is 1.95. The van der Waals surface area contributed by atoms with Gasteiger partial charge in [-0.25, -0.2) is 15.4 Å². The molecule has 1 aromatic heterocycles. The van der Waals surface area contributed by atoms with Gasteiger partial charge in [-0.05, 0) is 49.2 Å². The Kier molecular flexibility index (Phi) is 4.63. The maximum atomic E-state index is 6.90. The van der Waals surface area contributed by atoms with E-state index in [-0.39, 0.29) is 0 Å². The Morgan fingerprint density at radius 3 is 2.62 bits per heavy atom. The topological polar surface area (TPSA) is 88.3 Å². The Hall–Kier alpha value is -3.00. The van der Waals surface area contributed by atoms with E-state index < -0.39 is 5.66 Å². The van der Waals surface area contributed by atoms with E-state index in [4.69, 9.17) is 10.5 Å². The van der Waals surface area contributed by atoms with Crippen LogP contribution in [-0.2, 0) is 5.66 Å². The molecule has 7 nitrogen and oxygen atoms in total. The van der Waals surface area contributed by atoms with E-state index in [9.17, 15) is 0 Å². The van der Waals surface area contributed by atoms with Crippen molar-refractivity contribution in [1.82, 2.24) is 20.7 Å². The maximum Gasteiger partial charge on any atom is 0.153 e. The van der Waals surface area contributed by atoms with Crippen LogP contribution in [0.4, 0.5) is 5.82 Å². The second kappa shape index (κ2) is 7.44. The minimum atomic E-state index is -0.890. The Morgan fingerprint density at radius 2 is 1.86 bits per heavy atom. The highest BCUT2D eigenvalue weighted by Gasteiger charge is 2.44. The van der Waals surface area contributed by atoms with Gasteiger partial charge in [0.2, 0.25) is 0 Å². The molecule has 0 spiro atoms. The molecular formula is C22H24N6O. The average molecular weight is 388 g/mol. The smallest absolute Gasteiger partial charge is 0.153 e. The Balaban J connectivity index is 1.44. The first-order valence-electron chi connectivity index (χ1n) is 9.94. The lowest BCUT2D eigenvalue weighted by molar-refractivity contribution is 0.356. The number of hydrogen-bond donors (Lipinski definition) is 3. The van der Waals surface area contributed by atoms with Gasteiger partial charge in [0.05, 0.1) is 11.6 Å². The Labute approximate surface area is 169 Å². The summed E-state index contributed by atoms with van der Waals surface area (Å²) in [5.41, 5.74) is 11.3. The lowest BCUT2D eigenvalue weighted by atomic mass is 9.95. The summed E-state index contributed by atoms with van der Waals surface area (Å²) in [5.74, 6) is 2.41. The third-order valence-electron chi connectivity index (χ3n) is 5.57. The fourth-order valence-electron chi connectivity index (χ4n) is 4.05. The monoisotopic (exact) mass is 388 g/mol. The summed E-state index contributed by atoms with van der Waals surface area (Å²) >= 11 is 0. The van der Waals surface area contributed by atoms with Crippen LogP contribution < -0.4 is 26.2 Å². The first kappa shape index (κ1) is 18.1. The van der Waals surface area contributed by atoms with Gasteiger partial charge in [0.25, 0.3) is 0 Å². The summed E-state index contributed by atoms with van der Waals surface area (Å²) in [6, 6.07) is 17.9. The number of nitrogens with zero attached hydrogens (tertiary/aromatic N) is 3. The van der Waals surface area contributed by atoms with Crippen LogP contribution >= 0.6 is 0 Å². The normalized spacial score (nSPS) is 23.6. The van der Waals surface area contributed by atoms with E-state index in [0.29, 0.717) is 6.04 Å². The van der Waals surface area contributed by atoms with Crippen molar-refractivity contribution < 1.29 is 4.74 Å². The van der Waals surface area contributed by atoms with Crippen LogP contribution in [0.2, 0.25) is 0 Å². The van der Waals surface area contributed by atoms with Gasteiger partial charge in [-0.3, -0.25) is 5.01 Å². The molecule has 1 saturated heterocycles. The van der Waals surface area contributed by atoms with E-state index in [2.05, 4.69) is 25.7 Å². The molecular weight excluding hydrogens is 364 g/mol. The molecule has 0 aliphatic carbocycles. The van der Waals surface area contributed by atoms with E-state index in [1.807, 2.05) is 54.6 Å². The molecule has 0 bridgehead atoms. The van der Waals surface area contributed by atoms with Crippen molar-refractivity contribution in [2.45, 2.75) is 24.5 Å². The van der Waals surface area contributed by atoms with Crippen LogP contribution in [0, 0.1) is 0 Å². The van der Waals surface area contributed by atoms with Crippen LogP contribution in [0.5, 0.6) is 11.5 Å². The molecule has 29 heavy (non-hydrogen) atoms. The zero-order valence-electron chi connectivity index (χ0n) is 16.1. The fraction of sp³-hybridized carbons (Fsp3) is 0.273. The minimum Gasteiger partial charge on any atom is -0.457 e. The van der Waals surface area contributed by atoms with Gasteiger partial charge in [-0.15, -0.1) is 0 Å². The molecule has 4 N–H and O–H groups in total. The number of hydrogen-bond acceptors (Lipinski definition) is 7. The van der Waals surface area contributed by atoms with Crippen molar-refractivity contribution >= 4 is 5.82 Å². The number of ether oxygens (including phenoxy) is 1. The van der Waals surface area contributed by atoms with Crippen molar-refractivity contribution in [1.29, 1.82) is 0 Å². The van der Waals surface area contributed by atoms with Crippen molar-refractivity contribution in [2.24, 2.45) is 5.73 Å². The number of nitrogens with one attached hydrogen (secondary N) is 2. The molecule has 2 unspecified atom stereocenters. The number of piperidine rings is 1. The van der Waals surface area contributed by atoms with Crippen LogP contribution in [0.1, 0.15) is 24.0 Å². The lowest BCUT2D eigenvalue weighted by Crippen LogP contribution is -2.58. The van der Waals surface area contributed by atoms with Crippen molar-refractivity contribution in [2.75, 3.05) is 18.1 Å². The number of rotatable bonds is 4. The van der Waals surface area contributed by atoms with E-state index in [0.717, 1.165) is 54.4 Å². The van der Waals surface area contributed by atoms with Gasteiger partial charge in [-0.2, -0.15) is 0 Å². The van der Waals surface area contributed by atoms with Gasteiger partial charge in [0, 0.05) is 12.7 Å². The van der Waals surface area contributed by atoms with E-state index in [1.165, 1.54) is 0 Å². The molecule has 0 saturated carbocycles. The summed E-state index contributed by atoms with van der Waals surface area (Å²) in [6.07, 6.45) is 5.60.